The second-order valence-electron chi connectivity index (χ2n) is 5.35. The SMILES string of the molecule is CCC(C)(C)CC(C=C(C)C(=O)O)=C(C)C. The molecule has 0 rings (SSSR count). The molecule has 1 N–H and O–H groups in total. The zero-order chi connectivity index (χ0) is 12.9. The van der Waals surface area contributed by atoms with Crippen molar-refractivity contribution in [3.63, 3.8) is 0 Å². The van der Waals surface area contributed by atoms with Gasteiger partial charge in [-0.3, -0.25) is 0 Å². The van der Waals surface area contributed by atoms with Crippen molar-refractivity contribution in [2.75, 3.05) is 0 Å². The van der Waals surface area contributed by atoms with Gasteiger partial charge >= 0.3 is 5.97 Å². The van der Waals surface area contributed by atoms with Crippen LogP contribution in [0.25, 0.3) is 0 Å². The Balaban J connectivity index is 5.03. The molecule has 0 atom stereocenters. The van der Waals surface area contributed by atoms with Gasteiger partial charge in [0, 0.05) is 5.57 Å². The van der Waals surface area contributed by atoms with Crippen molar-refractivity contribution in [2.45, 2.75) is 54.4 Å². The Hall–Kier alpha value is -1.05. The van der Waals surface area contributed by atoms with Crippen molar-refractivity contribution in [3.8, 4) is 0 Å². The van der Waals surface area contributed by atoms with Crippen LogP contribution in [-0.4, -0.2) is 11.1 Å². The second kappa shape index (κ2) is 5.88. The van der Waals surface area contributed by atoms with E-state index in [1.54, 1.807) is 13.0 Å². The molecule has 0 aliphatic rings. The zero-order valence-electron chi connectivity index (χ0n) is 11.3. The molecule has 0 aliphatic heterocycles. The van der Waals surface area contributed by atoms with Gasteiger partial charge in [-0.15, -0.1) is 0 Å². The van der Waals surface area contributed by atoms with Crippen molar-refractivity contribution in [3.05, 3.63) is 22.8 Å². The van der Waals surface area contributed by atoms with Gasteiger partial charge in [0.1, 0.15) is 0 Å². The summed E-state index contributed by atoms with van der Waals surface area (Å²) in [5.74, 6) is -0.840. The van der Waals surface area contributed by atoms with Crippen molar-refractivity contribution >= 4 is 5.97 Å². The molecule has 0 aromatic carbocycles. The largest absolute Gasteiger partial charge is 0.478 e. The molecular weight excluding hydrogens is 200 g/mol. The fourth-order valence-corrected chi connectivity index (χ4v) is 1.34. The van der Waals surface area contributed by atoms with Crippen LogP contribution in [0, 0.1) is 5.41 Å². The van der Waals surface area contributed by atoms with Crippen LogP contribution in [0.1, 0.15) is 54.4 Å². The summed E-state index contributed by atoms with van der Waals surface area (Å²) < 4.78 is 0. The predicted octanol–water partition coefficient (Wildman–Crippen LogP) is 4.18. The average Bonchev–Trinajstić information content (AvgIpc) is 2.16. The molecule has 0 saturated carbocycles. The molecule has 0 aliphatic carbocycles. The van der Waals surface area contributed by atoms with E-state index < -0.39 is 5.97 Å². The quantitative estimate of drug-likeness (QED) is 0.562. The van der Waals surface area contributed by atoms with Crippen LogP contribution >= 0.6 is 0 Å². The van der Waals surface area contributed by atoms with E-state index in [-0.39, 0.29) is 5.41 Å². The molecule has 0 fully saturated rings. The molecule has 0 heterocycles. The predicted molar refractivity (Wildman–Crippen MR) is 68.5 cm³/mol. The second-order valence-corrected chi connectivity index (χ2v) is 5.35. The number of carboxylic acid groups (broad SMARTS) is 1. The zero-order valence-corrected chi connectivity index (χ0v) is 11.3. The summed E-state index contributed by atoms with van der Waals surface area (Å²) in [5, 5.41) is 8.88. The summed E-state index contributed by atoms with van der Waals surface area (Å²) in [6.07, 6.45) is 3.81. The number of aliphatic carboxylic acids is 1. The summed E-state index contributed by atoms with van der Waals surface area (Å²) in [4.78, 5) is 10.8. The van der Waals surface area contributed by atoms with Crippen molar-refractivity contribution < 1.29 is 9.90 Å². The van der Waals surface area contributed by atoms with Gasteiger partial charge in [0.25, 0.3) is 0 Å². The van der Waals surface area contributed by atoms with E-state index >= 15 is 0 Å². The molecule has 2 nitrogen and oxygen atoms in total. The minimum Gasteiger partial charge on any atom is -0.478 e. The lowest BCUT2D eigenvalue weighted by Gasteiger charge is -2.24. The minimum absolute atomic E-state index is 0.224. The standard InChI is InChI=1S/C14H24O2/c1-7-14(5,6)9-12(10(2)3)8-11(4)13(15)16/h8H,7,9H2,1-6H3,(H,15,16). The van der Waals surface area contributed by atoms with E-state index in [9.17, 15) is 4.79 Å². The Morgan fingerprint density at radius 2 is 1.75 bits per heavy atom. The maximum atomic E-state index is 10.8. The molecule has 16 heavy (non-hydrogen) atoms. The van der Waals surface area contributed by atoms with Crippen LogP contribution in [0.3, 0.4) is 0 Å². The van der Waals surface area contributed by atoms with Crippen molar-refractivity contribution in [1.29, 1.82) is 0 Å². The van der Waals surface area contributed by atoms with Crippen LogP contribution in [0.15, 0.2) is 22.8 Å². The number of hydrogen-bond acceptors (Lipinski definition) is 1. The van der Waals surface area contributed by atoms with Gasteiger partial charge in [-0.2, -0.15) is 0 Å². The first-order valence-corrected chi connectivity index (χ1v) is 5.77. The third kappa shape index (κ3) is 5.15. The molecular formula is C14H24O2. The van der Waals surface area contributed by atoms with Crippen LogP contribution in [0.4, 0.5) is 0 Å². The smallest absolute Gasteiger partial charge is 0.331 e. The minimum atomic E-state index is -0.840. The lowest BCUT2D eigenvalue weighted by atomic mass is 9.81. The highest BCUT2D eigenvalue weighted by atomic mass is 16.4. The van der Waals surface area contributed by atoms with Gasteiger partial charge in [-0.05, 0) is 44.3 Å². The van der Waals surface area contributed by atoms with E-state index in [0.717, 1.165) is 18.4 Å². The van der Waals surface area contributed by atoms with Gasteiger partial charge in [-0.25, -0.2) is 4.79 Å². The maximum absolute atomic E-state index is 10.8. The Kier molecular flexibility index (Phi) is 5.49. The molecule has 0 spiro atoms. The highest BCUT2D eigenvalue weighted by molar-refractivity contribution is 5.86. The van der Waals surface area contributed by atoms with Gasteiger partial charge in [-0.1, -0.05) is 32.8 Å². The molecule has 0 bridgehead atoms. The Labute approximate surface area is 99.1 Å². The Morgan fingerprint density at radius 1 is 1.25 bits per heavy atom. The molecule has 0 aromatic rings. The first-order valence-electron chi connectivity index (χ1n) is 5.77. The van der Waals surface area contributed by atoms with Crippen LogP contribution in [0.2, 0.25) is 0 Å². The highest BCUT2D eigenvalue weighted by Gasteiger charge is 2.17. The number of carboxylic acids is 1. The van der Waals surface area contributed by atoms with Gasteiger partial charge < -0.3 is 5.11 Å². The van der Waals surface area contributed by atoms with Crippen molar-refractivity contribution in [1.82, 2.24) is 0 Å². The van der Waals surface area contributed by atoms with Gasteiger partial charge in [0.05, 0.1) is 0 Å². The molecule has 0 unspecified atom stereocenters. The van der Waals surface area contributed by atoms with Crippen molar-refractivity contribution in [2.24, 2.45) is 5.41 Å². The van der Waals surface area contributed by atoms with E-state index in [1.165, 1.54) is 5.57 Å². The lowest BCUT2D eigenvalue weighted by Crippen LogP contribution is -2.11. The monoisotopic (exact) mass is 224 g/mol. The first kappa shape index (κ1) is 14.9. The summed E-state index contributed by atoms with van der Waals surface area (Å²) in [5.41, 5.74) is 2.97. The molecule has 0 amide bonds. The fourth-order valence-electron chi connectivity index (χ4n) is 1.34. The number of rotatable bonds is 5. The third-order valence-corrected chi connectivity index (χ3v) is 3.00. The average molecular weight is 224 g/mol. The summed E-state index contributed by atoms with van der Waals surface area (Å²) >= 11 is 0. The molecule has 2 heteroatoms. The molecule has 0 aromatic heterocycles. The van der Waals surface area contributed by atoms with Crippen LogP contribution < -0.4 is 0 Å². The number of allylic oxidation sites excluding steroid dienone is 3. The molecule has 92 valence electrons. The van der Waals surface area contributed by atoms with Gasteiger partial charge in [0.15, 0.2) is 0 Å². The Bertz CT molecular complexity index is 316. The lowest BCUT2D eigenvalue weighted by molar-refractivity contribution is -0.132. The highest BCUT2D eigenvalue weighted by Crippen LogP contribution is 2.31. The van der Waals surface area contributed by atoms with Gasteiger partial charge in [0.2, 0.25) is 0 Å². The fraction of sp³-hybridized carbons (Fsp3) is 0.643. The number of carbonyl (C=O) groups is 1. The first-order chi connectivity index (χ1) is 7.19. The Morgan fingerprint density at radius 3 is 2.06 bits per heavy atom. The van der Waals surface area contributed by atoms with Crippen LogP contribution in [0.5, 0.6) is 0 Å². The van der Waals surface area contributed by atoms with E-state index in [1.807, 2.05) is 13.8 Å². The maximum Gasteiger partial charge on any atom is 0.331 e. The summed E-state index contributed by atoms with van der Waals surface area (Å²) in [6, 6.07) is 0. The number of hydrogen-bond donors (Lipinski definition) is 1. The molecule has 0 saturated heterocycles. The third-order valence-electron chi connectivity index (χ3n) is 3.00. The topological polar surface area (TPSA) is 37.3 Å². The van der Waals surface area contributed by atoms with E-state index in [0.29, 0.717) is 5.57 Å². The molecule has 0 radical (unpaired) electrons. The summed E-state index contributed by atoms with van der Waals surface area (Å²) in [7, 11) is 0. The van der Waals surface area contributed by atoms with E-state index in [4.69, 9.17) is 5.11 Å². The van der Waals surface area contributed by atoms with Crippen LogP contribution in [-0.2, 0) is 4.79 Å². The summed E-state index contributed by atoms with van der Waals surface area (Å²) in [6.45, 7) is 12.3. The van der Waals surface area contributed by atoms with E-state index in [2.05, 4.69) is 20.8 Å². The normalized spacial score (nSPS) is 12.5.